The average Bonchev–Trinajstić information content (AvgIpc) is 2.91. The monoisotopic (exact) mass is 270 g/mol. The fraction of sp³-hybridized carbons (Fsp3) is 0.615. The maximum atomic E-state index is 11.5. The second kappa shape index (κ2) is 7.81. The normalized spacial score (nSPS) is 13.8. The lowest BCUT2D eigenvalue weighted by Crippen LogP contribution is -2.43. The topological polar surface area (TPSA) is 83.7 Å². The molecule has 1 rings (SSSR count). The van der Waals surface area contributed by atoms with Crippen LogP contribution in [-0.2, 0) is 10.3 Å². The van der Waals surface area contributed by atoms with Crippen LogP contribution in [0.4, 0.5) is 4.79 Å². The Kier molecular flexibility index (Phi) is 6.38. The molecule has 1 atom stereocenters. The molecule has 0 saturated carbocycles. The molecule has 0 aromatic carbocycles. The molecule has 0 bridgehead atoms. The summed E-state index contributed by atoms with van der Waals surface area (Å²) >= 11 is 0. The first-order chi connectivity index (χ1) is 9.06. The van der Waals surface area contributed by atoms with Gasteiger partial charge >= 0.3 is 6.03 Å². The summed E-state index contributed by atoms with van der Waals surface area (Å²) in [6.45, 7) is 5.43. The van der Waals surface area contributed by atoms with Gasteiger partial charge in [-0.15, -0.1) is 0 Å². The molecule has 19 heavy (non-hydrogen) atoms. The van der Waals surface area contributed by atoms with Gasteiger partial charge in [-0.2, -0.15) is 0 Å². The highest BCUT2D eigenvalue weighted by Gasteiger charge is 2.26. The van der Waals surface area contributed by atoms with Crippen LogP contribution in [0, 0.1) is 0 Å². The number of ether oxygens (including phenoxy) is 1. The molecule has 1 aromatic rings. The first-order valence-corrected chi connectivity index (χ1v) is 6.42. The summed E-state index contributed by atoms with van der Waals surface area (Å²) in [5.41, 5.74) is -1.22. The predicted molar refractivity (Wildman–Crippen MR) is 70.8 cm³/mol. The van der Waals surface area contributed by atoms with E-state index in [1.165, 1.54) is 6.26 Å². The van der Waals surface area contributed by atoms with E-state index in [1.54, 1.807) is 19.1 Å². The van der Waals surface area contributed by atoms with Crippen molar-refractivity contribution in [2.75, 3.05) is 26.3 Å². The first kappa shape index (κ1) is 15.5. The van der Waals surface area contributed by atoms with Gasteiger partial charge in [-0.3, -0.25) is 0 Å². The first-order valence-electron chi connectivity index (χ1n) is 6.42. The molecule has 1 aromatic heterocycles. The lowest BCUT2D eigenvalue weighted by atomic mass is 10.0. The van der Waals surface area contributed by atoms with E-state index in [1.807, 2.05) is 6.92 Å². The summed E-state index contributed by atoms with van der Waals surface area (Å²) in [5, 5.41) is 15.4. The number of amides is 2. The van der Waals surface area contributed by atoms with Gasteiger partial charge in [-0.1, -0.05) is 0 Å². The molecule has 6 nitrogen and oxygen atoms in total. The Balaban J connectivity index is 2.19. The van der Waals surface area contributed by atoms with Crippen molar-refractivity contribution in [3.63, 3.8) is 0 Å². The lowest BCUT2D eigenvalue weighted by Gasteiger charge is -2.21. The van der Waals surface area contributed by atoms with Crippen molar-refractivity contribution in [1.29, 1.82) is 0 Å². The molecule has 0 aliphatic rings. The van der Waals surface area contributed by atoms with Crippen LogP contribution in [0.5, 0.6) is 0 Å². The Hall–Kier alpha value is -1.53. The summed E-state index contributed by atoms with van der Waals surface area (Å²) in [5.74, 6) is 0.421. The maximum Gasteiger partial charge on any atom is 0.314 e. The van der Waals surface area contributed by atoms with Gasteiger partial charge in [0, 0.05) is 19.8 Å². The summed E-state index contributed by atoms with van der Waals surface area (Å²) in [6, 6.07) is 3.04. The number of carbonyl (C=O) groups is 1. The van der Waals surface area contributed by atoms with Gasteiger partial charge < -0.3 is 24.9 Å². The van der Waals surface area contributed by atoms with Gasteiger partial charge in [0.2, 0.25) is 0 Å². The summed E-state index contributed by atoms with van der Waals surface area (Å²) < 4.78 is 10.3. The molecule has 0 spiro atoms. The lowest BCUT2D eigenvalue weighted by molar-refractivity contribution is 0.0367. The highest BCUT2D eigenvalue weighted by atomic mass is 16.5. The third-order valence-corrected chi connectivity index (χ3v) is 2.60. The minimum absolute atomic E-state index is 0.0812. The molecule has 0 fully saturated rings. The number of furan rings is 1. The van der Waals surface area contributed by atoms with Gasteiger partial charge in [0.1, 0.15) is 11.4 Å². The van der Waals surface area contributed by atoms with Crippen LogP contribution >= 0.6 is 0 Å². The van der Waals surface area contributed by atoms with Crippen molar-refractivity contribution in [2.24, 2.45) is 0 Å². The van der Waals surface area contributed by atoms with Crippen LogP contribution in [0.2, 0.25) is 0 Å². The van der Waals surface area contributed by atoms with E-state index in [0.717, 1.165) is 6.42 Å². The van der Waals surface area contributed by atoms with Crippen molar-refractivity contribution in [3.05, 3.63) is 24.2 Å². The molecule has 6 heteroatoms. The van der Waals surface area contributed by atoms with Gasteiger partial charge in [0.15, 0.2) is 0 Å². The fourth-order valence-corrected chi connectivity index (χ4v) is 1.51. The Bertz CT molecular complexity index is 363. The zero-order valence-electron chi connectivity index (χ0n) is 11.4. The molecule has 0 radical (unpaired) electrons. The van der Waals surface area contributed by atoms with Gasteiger partial charge in [-0.05, 0) is 32.4 Å². The third kappa shape index (κ3) is 5.76. The van der Waals surface area contributed by atoms with Crippen molar-refractivity contribution < 1.29 is 19.1 Å². The van der Waals surface area contributed by atoms with E-state index in [0.29, 0.717) is 25.5 Å². The number of rotatable bonds is 8. The number of hydrogen-bond acceptors (Lipinski definition) is 4. The van der Waals surface area contributed by atoms with Crippen LogP contribution < -0.4 is 10.6 Å². The molecule has 0 aliphatic carbocycles. The maximum absolute atomic E-state index is 11.5. The molecule has 0 saturated heterocycles. The van der Waals surface area contributed by atoms with E-state index >= 15 is 0 Å². The van der Waals surface area contributed by atoms with E-state index < -0.39 is 5.60 Å². The molecular weight excluding hydrogens is 248 g/mol. The summed E-state index contributed by atoms with van der Waals surface area (Å²) in [4.78, 5) is 11.5. The number of urea groups is 1. The average molecular weight is 270 g/mol. The fourth-order valence-electron chi connectivity index (χ4n) is 1.51. The smallest absolute Gasteiger partial charge is 0.314 e. The van der Waals surface area contributed by atoms with Gasteiger partial charge in [0.05, 0.1) is 12.8 Å². The van der Waals surface area contributed by atoms with E-state index in [9.17, 15) is 9.90 Å². The van der Waals surface area contributed by atoms with Crippen molar-refractivity contribution in [1.82, 2.24) is 10.6 Å². The zero-order valence-corrected chi connectivity index (χ0v) is 11.4. The number of hydrogen-bond donors (Lipinski definition) is 3. The standard InChI is InChI=1S/C13H22N2O4/c1-3-18-8-5-7-14-12(16)15-10-13(2,17)11-6-4-9-19-11/h4,6,9,17H,3,5,7-8,10H2,1-2H3,(H2,14,15,16). The highest BCUT2D eigenvalue weighted by Crippen LogP contribution is 2.19. The summed E-state index contributed by atoms with van der Waals surface area (Å²) in [6.07, 6.45) is 2.24. The zero-order chi connectivity index (χ0) is 14.1. The molecular formula is C13H22N2O4. The molecule has 1 heterocycles. The number of aliphatic hydroxyl groups is 1. The summed E-state index contributed by atoms with van der Waals surface area (Å²) in [7, 11) is 0. The van der Waals surface area contributed by atoms with Crippen molar-refractivity contribution in [2.45, 2.75) is 25.9 Å². The highest BCUT2D eigenvalue weighted by molar-refractivity contribution is 5.73. The minimum atomic E-state index is -1.22. The Labute approximate surface area is 113 Å². The van der Waals surface area contributed by atoms with Crippen LogP contribution in [0.15, 0.2) is 22.8 Å². The quantitative estimate of drug-likeness (QED) is 0.620. The number of carbonyl (C=O) groups excluding carboxylic acids is 1. The van der Waals surface area contributed by atoms with Crippen LogP contribution in [0.25, 0.3) is 0 Å². The Morgan fingerprint density at radius 2 is 2.32 bits per heavy atom. The Morgan fingerprint density at radius 3 is 2.95 bits per heavy atom. The molecule has 0 aliphatic heterocycles. The second-order valence-corrected chi connectivity index (χ2v) is 4.41. The number of nitrogens with one attached hydrogen (secondary N) is 2. The SMILES string of the molecule is CCOCCCNC(=O)NCC(C)(O)c1ccco1. The largest absolute Gasteiger partial charge is 0.466 e. The van der Waals surface area contributed by atoms with Gasteiger partial charge in [-0.25, -0.2) is 4.79 Å². The molecule has 108 valence electrons. The van der Waals surface area contributed by atoms with Gasteiger partial charge in [0.25, 0.3) is 0 Å². The van der Waals surface area contributed by atoms with Crippen molar-refractivity contribution >= 4 is 6.03 Å². The Morgan fingerprint density at radius 1 is 1.53 bits per heavy atom. The van der Waals surface area contributed by atoms with Crippen LogP contribution in [-0.4, -0.2) is 37.4 Å². The molecule has 3 N–H and O–H groups in total. The van der Waals surface area contributed by atoms with Crippen LogP contribution in [0.3, 0.4) is 0 Å². The third-order valence-electron chi connectivity index (χ3n) is 2.60. The van der Waals surface area contributed by atoms with E-state index in [-0.39, 0.29) is 12.6 Å². The minimum Gasteiger partial charge on any atom is -0.466 e. The van der Waals surface area contributed by atoms with Crippen LogP contribution in [0.1, 0.15) is 26.0 Å². The second-order valence-electron chi connectivity index (χ2n) is 4.41. The molecule has 2 amide bonds. The van der Waals surface area contributed by atoms with Crippen molar-refractivity contribution in [3.8, 4) is 0 Å². The predicted octanol–water partition coefficient (Wildman–Crippen LogP) is 1.21. The van der Waals surface area contributed by atoms with E-state index in [2.05, 4.69) is 10.6 Å². The van der Waals surface area contributed by atoms with E-state index in [4.69, 9.17) is 9.15 Å². The molecule has 1 unspecified atom stereocenters.